The van der Waals surface area contributed by atoms with E-state index in [1.165, 1.54) is 17.3 Å². The Labute approximate surface area is 101 Å². The summed E-state index contributed by atoms with van der Waals surface area (Å²) >= 11 is 3.40. The van der Waals surface area contributed by atoms with Crippen molar-refractivity contribution in [2.45, 2.75) is 0 Å². The first-order chi connectivity index (χ1) is 7.79. The van der Waals surface area contributed by atoms with Crippen LogP contribution in [0.3, 0.4) is 0 Å². The van der Waals surface area contributed by atoms with Crippen LogP contribution in [0.15, 0.2) is 40.4 Å². The minimum absolute atomic E-state index is 0.764. The second-order valence-electron chi connectivity index (χ2n) is 2.97. The Balaban J connectivity index is 2.29. The minimum atomic E-state index is 0.764. The molecule has 1 aromatic carbocycles. The van der Waals surface area contributed by atoms with Gasteiger partial charge in [0.05, 0.1) is 13.3 Å². The summed E-state index contributed by atoms with van der Waals surface area (Å²) in [6, 6.07) is 5.71. The molecule has 0 atom stereocenters. The summed E-state index contributed by atoms with van der Waals surface area (Å²) in [5.41, 5.74) is 0.880. The zero-order chi connectivity index (χ0) is 11.4. The molecule has 1 aromatic heterocycles. The van der Waals surface area contributed by atoms with Gasteiger partial charge in [0.1, 0.15) is 18.4 Å². The molecule has 0 radical (unpaired) electrons. The highest BCUT2D eigenvalue weighted by atomic mass is 79.9. The fourth-order valence-corrected chi connectivity index (χ4v) is 1.57. The molecule has 82 valence electrons. The number of hydrogen-bond donors (Lipinski definition) is 0. The van der Waals surface area contributed by atoms with E-state index in [1.54, 1.807) is 13.3 Å². The molecule has 2 rings (SSSR count). The van der Waals surface area contributed by atoms with Gasteiger partial charge in [-0.3, -0.25) is 0 Å². The van der Waals surface area contributed by atoms with Crippen molar-refractivity contribution in [3.8, 4) is 5.75 Å². The number of nitrogens with zero attached hydrogens (tertiary/aromatic N) is 4. The third kappa shape index (κ3) is 2.46. The van der Waals surface area contributed by atoms with E-state index in [-0.39, 0.29) is 0 Å². The van der Waals surface area contributed by atoms with Gasteiger partial charge in [-0.15, -0.1) is 10.2 Å². The van der Waals surface area contributed by atoms with Gasteiger partial charge in [-0.2, -0.15) is 5.10 Å². The van der Waals surface area contributed by atoms with Gasteiger partial charge in [-0.1, -0.05) is 15.9 Å². The van der Waals surface area contributed by atoms with Crippen LogP contribution < -0.4 is 4.74 Å². The lowest BCUT2D eigenvalue weighted by Gasteiger charge is -2.04. The van der Waals surface area contributed by atoms with E-state index in [4.69, 9.17) is 4.74 Å². The number of aromatic nitrogens is 3. The van der Waals surface area contributed by atoms with Crippen LogP contribution in [0, 0.1) is 0 Å². The van der Waals surface area contributed by atoms with Crippen molar-refractivity contribution in [3.63, 3.8) is 0 Å². The molecule has 16 heavy (non-hydrogen) atoms. The summed E-state index contributed by atoms with van der Waals surface area (Å²) < 4.78 is 7.70. The zero-order valence-electron chi connectivity index (χ0n) is 8.54. The average Bonchev–Trinajstić information content (AvgIpc) is 2.79. The van der Waals surface area contributed by atoms with Gasteiger partial charge in [0, 0.05) is 10.0 Å². The molecule has 5 nitrogen and oxygen atoms in total. The molecule has 0 aliphatic rings. The molecule has 0 saturated heterocycles. The van der Waals surface area contributed by atoms with Crippen LogP contribution in [0.25, 0.3) is 0 Å². The maximum absolute atomic E-state index is 5.22. The molecule has 2 aromatic rings. The Morgan fingerprint density at radius 3 is 2.81 bits per heavy atom. The molecule has 1 heterocycles. The van der Waals surface area contributed by atoms with Crippen LogP contribution in [0.4, 0.5) is 0 Å². The highest BCUT2D eigenvalue weighted by molar-refractivity contribution is 9.10. The van der Waals surface area contributed by atoms with Gasteiger partial charge in [0.15, 0.2) is 0 Å². The van der Waals surface area contributed by atoms with E-state index < -0.39 is 0 Å². The van der Waals surface area contributed by atoms with Gasteiger partial charge in [0.2, 0.25) is 0 Å². The fourth-order valence-electron chi connectivity index (χ4n) is 1.19. The van der Waals surface area contributed by atoms with E-state index in [1.807, 2.05) is 18.2 Å². The molecule has 0 spiro atoms. The number of methoxy groups -OCH3 is 1. The fraction of sp³-hybridized carbons (Fsp3) is 0.100. The van der Waals surface area contributed by atoms with Crippen molar-refractivity contribution in [2.24, 2.45) is 5.10 Å². The highest BCUT2D eigenvalue weighted by Crippen LogP contribution is 2.21. The standard InChI is InChI=1S/C10H9BrN4O/c1-16-10-3-2-9(11)4-8(10)5-14-15-6-12-13-7-15/h2-7H,1H3/b14-5+. The first-order valence-electron chi connectivity index (χ1n) is 4.52. The van der Waals surface area contributed by atoms with Crippen molar-refractivity contribution in [1.29, 1.82) is 0 Å². The van der Waals surface area contributed by atoms with Crippen LogP contribution in [0.5, 0.6) is 5.75 Å². The van der Waals surface area contributed by atoms with Crippen molar-refractivity contribution in [2.75, 3.05) is 7.11 Å². The van der Waals surface area contributed by atoms with Crippen LogP contribution >= 0.6 is 15.9 Å². The molecule has 0 aliphatic carbocycles. The molecule has 0 fully saturated rings. The molecule has 0 unspecified atom stereocenters. The molecule has 6 heteroatoms. The number of benzene rings is 1. The first-order valence-corrected chi connectivity index (χ1v) is 5.31. The molecule has 0 aliphatic heterocycles. The van der Waals surface area contributed by atoms with E-state index in [0.717, 1.165) is 15.8 Å². The van der Waals surface area contributed by atoms with Crippen LogP contribution in [0.2, 0.25) is 0 Å². The van der Waals surface area contributed by atoms with Crippen LogP contribution in [-0.2, 0) is 0 Å². The van der Waals surface area contributed by atoms with Crippen molar-refractivity contribution in [1.82, 2.24) is 14.9 Å². The molecule has 0 amide bonds. The Hall–Kier alpha value is -1.69. The average molecular weight is 281 g/mol. The van der Waals surface area contributed by atoms with Gasteiger partial charge >= 0.3 is 0 Å². The number of ether oxygens (including phenoxy) is 1. The summed E-state index contributed by atoms with van der Waals surface area (Å²) in [6.07, 6.45) is 4.72. The maximum Gasteiger partial charge on any atom is 0.141 e. The van der Waals surface area contributed by atoms with Gasteiger partial charge < -0.3 is 4.74 Å². The second-order valence-corrected chi connectivity index (χ2v) is 3.89. The van der Waals surface area contributed by atoms with E-state index in [0.29, 0.717) is 0 Å². The zero-order valence-corrected chi connectivity index (χ0v) is 10.1. The molecule has 0 bridgehead atoms. The van der Waals surface area contributed by atoms with Crippen molar-refractivity contribution in [3.05, 3.63) is 40.9 Å². The number of hydrogen-bond acceptors (Lipinski definition) is 4. The highest BCUT2D eigenvalue weighted by Gasteiger charge is 2.00. The minimum Gasteiger partial charge on any atom is -0.496 e. The lowest BCUT2D eigenvalue weighted by molar-refractivity contribution is 0.414. The summed E-state index contributed by atoms with van der Waals surface area (Å²) in [4.78, 5) is 0. The van der Waals surface area contributed by atoms with E-state index >= 15 is 0 Å². The Bertz CT molecular complexity index is 496. The van der Waals surface area contributed by atoms with Crippen molar-refractivity contribution >= 4 is 22.1 Å². The van der Waals surface area contributed by atoms with Gasteiger partial charge in [-0.25, -0.2) is 4.68 Å². The summed E-state index contributed by atoms with van der Waals surface area (Å²) in [6.45, 7) is 0. The Morgan fingerprint density at radius 2 is 2.12 bits per heavy atom. The Morgan fingerprint density at radius 1 is 1.38 bits per heavy atom. The number of rotatable bonds is 3. The lowest BCUT2D eigenvalue weighted by Crippen LogP contribution is -1.92. The predicted octanol–water partition coefficient (Wildman–Crippen LogP) is 1.93. The van der Waals surface area contributed by atoms with Crippen LogP contribution in [0.1, 0.15) is 5.56 Å². The third-order valence-corrected chi connectivity index (χ3v) is 2.42. The quantitative estimate of drug-likeness (QED) is 0.808. The lowest BCUT2D eigenvalue weighted by atomic mass is 10.2. The smallest absolute Gasteiger partial charge is 0.141 e. The van der Waals surface area contributed by atoms with Crippen molar-refractivity contribution < 1.29 is 4.74 Å². The largest absolute Gasteiger partial charge is 0.496 e. The number of halogens is 1. The monoisotopic (exact) mass is 280 g/mol. The third-order valence-electron chi connectivity index (χ3n) is 1.93. The molecular weight excluding hydrogens is 272 g/mol. The topological polar surface area (TPSA) is 52.3 Å². The van der Waals surface area contributed by atoms with Gasteiger partial charge in [-0.05, 0) is 18.2 Å². The molecular formula is C10H9BrN4O. The first kappa shape index (κ1) is 10.8. The Kier molecular flexibility index (Phi) is 3.31. The molecule has 0 saturated carbocycles. The summed E-state index contributed by atoms with van der Waals surface area (Å²) in [5.74, 6) is 0.764. The SMILES string of the molecule is COc1ccc(Br)cc1/C=N/n1cnnc1. The molecule has 0 N–H and O–H groups in total. The predicted molar refractivity (Wildman–Crippen MR) is 63.7 cm³/mol. The van der Waals surface area contributed by atoms with Crippen LogP contribution in [-0.4, -0.2) is 28.2 Å². The summed E-state index contributed by atoms with van der Waals surface area (Å²) in [5, 5.41) is 11.5. The van der Waals surface area contributed by atoms with Gasteiger partial charge in [0.25, 0.3) is 0 Å². The van der Waals surface area contributed by atoms with E-state index in [2.05, 4.69) is 31.2 Å². The normalized spacial score (nSPS) is 10.9. The van der Waals surface area contributed by atoms with E-state index in [9.17, 15) is 0 Å². The summed E-state index contributed by atoms with van der Waals surface area (Å²) in [7, 11) is 1.62. The maximum atomic E-state index is 5.22. The second kappa shape index (κ2) is 4.89.